The molecule has 1 amide bonds. The van der Waals surface area contributed by atoms with Crippen molar-refractivity contribution < 1.29 is 32.4 Å². The van der Waals surface area contributed by atoms with Gasteiger partial charge in [-0.1, -0.05) is 43.6 Å². The van der Waals surface area contributed by atoms with Gasteiger partial charge in [0.05, 0.1) is 16.4 Å². The van der Waals surface area contributed by atoms with E-state index in [-0.39, 0.29) is 17.6 Å². The van der Waals surface area contributed by atoms with Crippen LogP contribution in [-0.4, -0.2) is 22.1 Å². The number of carbonyl (C=O) groups excluding carboxylic acids is 1. The molecule has 6 nitrogen and oxygen atoms in total. The van der Waals surface area contributed by atoms with E-state index in [0.717, 1.165) is 12.0 Å². The van der Waals surface area contributed by atoms with Gasteiger partial charge in [-0.05, 0) is 61.6 Å². The summed E-state index contributed by atoms with van der Waals surface area (Å²) < 4.78 is 47.9. The first kappa shape index (κ1) is 28.0. The van der Waals surface area contributed by atoms with E-state index in [2.05, 4.69) is 31.2 Å². The molecule has 1 heterocycles. The third-order valence-electron chi connectivity index (χ3n) is 6.46. The molecule has 198 valence electrons. The number of amides is 1. The first-order valence-electron chi connectivity index (χ1n) is 12.0. The number of alkyl halides is 3. The highest BCUT2D eigenvalue weighted by atomic mass is 35.5. The Morgan fingerprint density at radius 1 is 1.25 bits per heavy atom. The van der Waals surface area contributed by atoms with Crippen LogP contribution in [0.5, 0.6) is 0 Å². The van der Waals surface area contributed by atoms with Gasteiger partial charge in [-0.2, -0.15) is 13.2 Å². The third kappa shape index (κ3) is 7.24. The standard InChI is InChI=1S/C26H32ClF3N2O4/c1-14-5-7-19(18(27)9-14)31-20(33)12-16(6-8-21(34)35)23-22(26(28,29)30)24(36-32-23)17-10-15(11-17)13-25(2,3)4/h5,7,9,15-17H,6,8,10-13H2,1-4H3,(H,31,33)(H,34,35)/t15?,16-,17?/m0/s1. The summed E-state index contributed by atoms with van der Waals surface area (Å²) in [4.78, 5) is 24.0. The minimum atomic E-state index is -4.75. The lowest BCUT2D eigenvalue weighted by Crippen LogP contribution is -2.27. The number of aliphatic carboxylic acids is 1. The highest BCUT2D eigenvalue weighted by molar-refractivity contribution is 6.33. The smallest absolute Gasteiger partial charge is 0.421 e. The molecule has 1 atom stereocenters. The third-order valence-corrected chi connectivity index (χ3v) is 6.77. The number of benzene rings is 1. The fourth-order valence-corrected chi connectivity index (χ4v) is 5.20. The number of carboxylic acid groups (broad SMARTS) is 1. The zero-order chi connectivity index (χ0) is 26.8. The van der Waals surface area contributed by atoms with Crippen LogP contribution in [0.25, 0.3) is 0 Å². The Morgan fingerprint density at radius 2 is 1.92 bits per heavy atom. The van der Waals surface area contributed by atoms with Crippen molar-refractivity contribution >= 4 is 29.2 Å². The van der Waals surface area contributed by atoms with E-state index in [1.54, 1.807) is 18.2 Å². The highest BCUT2D eigenvalue weighted by Gasteiger charge is 2.47. The van der Waals surface area contributed by atoms with Crippen LogP contribution >= 0.6 is 11.6 Å². The molecule has 2 aromatic rings. The van der Waals surface area contributed by atoms with Crippen LogP contribution < -0.4 is 5.32 Å². The van der Waals surface area contributed by atoms with Gasteiger partial charge >= 0.3 is 12.1 Å². The molecule has 1 saturated carbocycles. The topological polar surface area (TPSA) is 92.4 Å². The van der Waals surface area contributed by atoms with Gasteiger partial charge in [0.2, 0.25) is 5.91 Å². The lowest BCUT2D eigenvalue weighted by molar-refractivity contribution is -0.140. The van der Waals surface area contributed by atoms with Gasteiger partial charge in [-0.25, -0.2) is 0 Å². The Bertz CT molecular complexity index is 1100. The van der Waals surface area contributed by atoms with Crippen molar-refractivity contribution in [3.8, 4) is 0 Å². The summed E-state index contributed by atoms with van der Waals surface area (Å²) in [5.74, 6) is -3.19. The SMILES string of the molecule is Cc1ccc(NC(=O)C[C@H](CCC(=O)O)c2noc(C3CC(CC(C)(C)C)C3)c2C(F)(F)F)c(Cl)c1. The maximum atomic E-state index is 14.2. The van der Waals surface area contributed by atoms with Gasteiger partial charge in [0.25, 0.3) is 0 Å². The van der Waals surface area contributed by atoms with E-state index < -0.39 is 54.0 Å². The Kier molecular flexibility index (Phi) is 8.43. The van der Waals surface area contributed by atoms with Crippen molar-refractivity contribution in [3.63, 3.8) is 0 Å². The lowest BCUT2D eigenvalue weighted by Gasteiger charge is -2.38. The second-order valence-electron chi connectivity index (χ2n) is 11.0. The molecule has 1 aliphatic rings. The van der Waals surface area contributed by atoms with Crippen LogP contribution in [0.4, 0.5) is 18.9 Å². The Balaban J connectivity index is 1.85. The quantitative estimate of drug-likeness (QED) is 0.350. The molecule has 0 radical (unpaired) electrons. The second-order valence-corrected chi connectivity index (χ2v) is 11.4. The average Bonchev–Trinajstić information content (AvgIpc) is 3.14. The van der Waals surface area contributed by atoms with Gasteiger partial charge in [0.15, 0.2) is 5.76 Å². The predicted octanol–water partition coefficient (Wildman–Crippen LogP) is 7.56. The Hall–Kier alpha value is -2.55. The van der Waals surface area contributed by atoms with E-state index in [1.165, 1.54) is 0 Å². The van der Waals surface area contributed by atoms with E-state index in [1.807, 2.05) is 6.92 Å². The van der Waals surface area contributed by atoms with Crippen molar-refractivity contribution in [2.75, 3.05) is 5.32 Å². The fourth-order valence-electron chi connectivity index (χ4n) is 4.92. The maximum absolute atomic E-state index is 14.2. The number of halogens is 4. The van der Waals surface area contributed by atoms with E-state index in [4.69, 9.17) is 21.2 Å². The number of aromatic nitrogens is 1. The lowest BCUT2D eigenvalue weighted by atomic mass is 9.67. The number of anilines is 1. The molecule has 0 aliphatic heterocycles. The zero-order valence-corrected chi connectivity index (χ0v) is 21.6. The molecule has 1 aromatic heterocycles. The van der Waals surface area contributed by atoms with Crippen LogP contribution in [0.1, 0.15) is 93.7 Å². The molecule has 10 heteroatoms. The van der Waals surface area contributed by atoms with E-state index in [9.17, 15) is 22.8 Å². The number of aryl methyl sites for hydroxylation is 1. The molecule has 1 aromatic carbocycles. The minimum Gasteiger partial charge on any atom is -0.481 e. The molecular weight excluding hydrogens is 497 g/mol. The van der Waals surface area contributed by atoms with E-state index in [0.29, 0.717) is 29.5 Å². The summed E-state index contributed by atoms with van der Waals surface area (Å²) in [5, 5.41) is 15.8. The van der Waals surface area contributed by atoms with Crippen LogP contribution in [0.15, 0.2) is 22.7 Å². The van der Waals surface area contributed by atoms with Crippen molar-refractivity contribution in [3.05, 3.63) is 45.8 Å². The zero-order valence-electron chi connectivity index (χ0n) is 20.8. The largest absolute Gasteiger partial charge is 0.481 e. The van der Waals surface area contributed by atoms with Crippen molar-refractivity contribution in [1.82, 2.24) is 5.16 Å². The molecule has 1 fully saturated rings. The second kappa shape index (κ2) is 10.8. The van der Waals surface area contributed by atoms with Crippen LogP contribution in [0.2, 0.25) is 5.02 Å². The van der Waals surface area contributed by atoms with Crippen LogP contribution in [0, 0.1) is 18.3 Å². The van der Waals surface area contributed by atoms with Gasteiger partial charge in [0.1, 0.15) is 5.56 Å². The number of nitrogens with zero attached hydrogens (tertiary/aromatic N) is 1. The molecule has 3 rings (SSSR count). The summed E-state index contributed by atoms with van der Waals surface area (Å²) in [7, 11) is 0. The molecule has 0 unspecified atom stereocenters. The van der Waals surface area contributed by atoms with Gasteiger partial charge in [0, 0.05) is 24.7 Å². The van der Waals surface area contributed by atoms with Crippen molar-refractivity contribution in [1.29, 1.82) is 0 Å². The monoisotopic (exact) mass is 528 g/mol. The minimum absolute atomic E-state index is 0.0741. The summed E-state index contributed by atoms with van der Waals surface area (Å²) in [6.07, 6.45) is -3.73. The number of carboxylic acids is 1. The first-order chi connectivity index (χ1) is 16.6. The molecule has 2 N–H and O–H groups in total. The predicted molar refractivity (Wildman–Crippen MR) is 130 cm³/mol. The summed E-state index contributed by atoms with van der Waals surface area (Å²) in [5.41, 5.74) is -0.116. The first-order valence-corrected chi connectivity index (χ1v) is 12.4. The number of carbonyl (C=O) groups is 2. The number of hydrogen-bond donors (Lipinski definition) is 2. The molecule has 1 aliphatic carbocycles. The van der Waals surface area contributed by atoms with E-state index >= 15 is 0 Å². The number of hydrogen-bond acceptors (Lipinski definition) is 4. The molecular formula is C26H32ClF3N2O4. The summed E-state index contributed by atoms with van der Waals surface area (Å²) in [6, 6.07) is 4.98. The summed E-state index contributed by atoms with van der Waals surface area (Å²) >= 11 is 6.16. The number of rotatable bonds is 9. The maximum Gasteiger partial charge on any atom is 0.421 e. The van der Waals surface area contributed by atoms with Crippen molar-refractivity contribution in [2.45, 2.75) is 84.2 Å². The van der Waals surface area contributed by atoms with Crippen LogP contribution in [0.3, 0.4) is 0 Å². The van der Waals surface area contributed by atoms with Gasteiger partial charge < -0.3 is 14.9 Å². The molecule has 0 saturated heterocycles. The average molecular weight is 529 g/mol. The normalized spacial score (nSPS) is 19.0. The van der Waals surface area contributed by atoms with Gasteiger partial charge in [-0.15, -0.1) is 0 Å². The highest BCUT2D eigenvalue weighted by Crippen LogP contribution is 2.51. The fraction of sp³-hybridized carbons (Fsp3) is 0.577. The van der Waals surface area contributed by atoms with Crippen molar-refractivity contribution in [2.24, 2.45) is 11.3 Å². The number of nitrogens with one attached hydrogen (secondary N) is 1. The molecule has 0 bridgehead atoms. The Labute approximate surface area is 213 Å². The Morgan fingerprint density at radius 3 is 2.47 bits per heavy atom. The molecule has 36 heavy (non-hydrogen) atoms. The summed E-state index contributed by atoms with van der Waals surface area (Å²) in [6.45, 7) is 8.11. The molecule has 0 spiro atoms. The van der Waals surface area contributed by atoms with Crippen LogP contribution in [-0.2, 0) is 15.8 Å². The van der Waals surface area contributed by atoms with Gasteiger partial charge in [-0.3, -0.25) is 9.59 Å².